The summed E-state index contributed by atoms with van der Waals surface area (Å²) in [5, 5.41) is 19.8. The Labute approximate surface area is 84.3 Å². The number of para-hydroxylation sites is 1. The van der Waals surface area contributed by atoms with Crippen LogP contribution in [0.25, 0.3) is 0 Å². The van der Waals surface area contributed by atoms with Crippen molar-refractivity contribution in [3.63, 3.8) is 0 Å². The van der Waals surface area contributed by atoms with Gasteiger partial charge in [0, 0.05) is 0 Å². The lowest BCUT2D eigenvalue weighted by atomic mass is 10.2. The highest BCUT2D eigenvalue weighted by atomic mass is 16.3. The molecule has 1 aromatic carbocycles. The molecule has 2 rings (SSSR count). The largest absolute Gasteiger partial charge is 0.507 e. The van der Waals surface area contributed by atoms with Crippen molar-refractivity contribution in [3.8, 4) is 5.75 Å². The molecule has 0 aliphatic rings. The maximum absolute atomic E-state index is 11.5. The summed E-state index contributed by atoms with van der Waals surface area (Å²) in [7, 11) is 0. The molecule has 0 bridgehead atoms. The minimum atomic E-state index is -0.508. The van der Waals surface area contributed by atoms with Gasteiger partial charge in [0.2, 0.25) is 0 Å². The fourth-order valence-electron chi connectivity index (χ4n) is 1.04. The predicted octanol–water partition coefficient (Wildman–Crippen LogP) is -0.237. The molecule has 1 heterocycles. The number of hydrogen-bond donors (Lipinski definition) is 2. The summed E-state index contributed by atoms with van der Waals surface area (Å²) >= 11 is 0. The molecule has 0 saturated carbocycles. The zero-order chi connectivity index (χ0) is 10.7. The van der Waals surface area contributed by atoms with E-state index in [9.17, 15) is 9.90 Å². The Bertz CT molecular complexity index is 468. The average molecular weight is 205 g/mol. The van der Waals surface area contributed by atoms with Crippen LogP contribution in [0.15, 0.2) is 30.6 Å². The summed E-state index contributed by atoms with van der Waals surface area (Å²) in [6, 6.07) is 6.18. The normalized spacial score (nSPS) is 9.87. The number of nitrogens with one attached hydrogen (secondary N) is 1. The van der Waals surface area contributed by atoms with Gasteiger partial charge >= 0.3 is 0 Å². The number of nitrogens with zero attached hydrogens (tertiary/aromatic N) is 4. The molecule has 0 aliphatic carbocycles. The average Bonchev–Trinajstić information content (AvgIpc) is 2.71. The third kappa shape index (κ3) is 1.90. The molecule has 0 radical (unpaired) electrons. The lowest BCUT2D eigenvalue weighted by Crippen LogP contribution is -2.25. The van der Waals surface area contributed by atoms with Crippen molar-refractivity contribution in [2.24, 2.45) is 0 Å². The lowest BCUT2D eigenvalue weighted by Gasteiger charge is -2.03. The fourth-order valence-corrected chi connectivity index (χ4v) is 1.04. The molecule has 1 amide bonds. The van der Waals surface area contributed by atoms with Crippen LogP contribution >= 0.6 is 0 Å². The topological polar surface area (TPSA) is 92.9 Å². The Morgan fingerprint density at radius 2 is 2.20 bits per heavy atom. The maximum atomic E-state index is 11.5. The fraction of sp³-hybridized carbons (Fsp3) is 0. The van der Waals surface area contributed by atoms with Crippen LogP contribution in [0, 0.1) is 0 Å². The summed E-state index contributed by atoms with van der Waals surface area (Å²) in [5.41, 5.74) is 2.46. The van der Waals surface area contributed by atoms with Gasteiger partial charge in [-0.15, -0.1) is 10.2 Å². The highest BCUT2D eigenvalue weighted by Crippen LogP contribution is 2.14. The van der Waals surface area contributed by atoms with Gasteiger partial charge < -0.3 is 5.11 Å². The summed E-state index contributed by atoms with van der Waals surface area (Å²) in [6.07, 6.45) is 1.19. The summed E-state index contributed by atoms with van der Waals surface area (Å²) in [5.74, 6) is -0.610. The van der Waals surface area contributed by atoms with Gasteiger partial charge in [-0.3, -0.25) is 4.79 Å². The zero-order valence-electron chi connectivity index (χ0n) is 7.53. The van der Waals surface area contributed by atoms with E-state index in [2.05, 4.69) is 20.8 Å². The van der Waals surface area contributed by atoms with E-state index in [4.69, 9.17) is 0 Å². The quantitative estimate of drug-likeness (QED) is 0.705. The van der Waals surface area contributed by atoms with E-state index in [0.29, 0.717) is 0 Å². The first-order chi connectivity index (χ1) is 7.27. The van der Waals surface area contributed by atoms with E-state index < -0.39 is 5.91 Å². The summed E-state index contributed by atoms with van der Waals surface area (Å²) < 4.78 is 0. The smallest absolute Gasteiger partial charge is 0.276 e. The molecule has 7 heteroatoms. The molecule has 0 saturated heterocycles. The molecule has 0 aliphatic heterocycles. The van der Waals surface area contributed by atoms with Crippen LogP contribution in [0.3, 0.4) is 0 Å². The van der Waals surface area contributed by atoms with E-state index in [-0.39, 0.29) is 11.3 Å². The van der Waals surface area contributed by atoms with Crippen LogP contribution in [0.2, 0.25) is 0 Å². The third-order valence-electron chi connectivity index (χ3n) is 1.70. The Morgan fingerprint density at radius 1 is 1.40 bits per heavy atom. The Morgan fingerprint density at radius 3 is 2.87 bits per heavy atom. The lowest BCUT2D eigenvalue weighted by molar-refractivity contribution is 0.0999. The van der Waals surface area contributed by atoms with Gasteiger partial charge in [-0.2, -0.15) is 0 Å². The number of hydrogen-bond acceptors (Lipinski definition) is 5. The van der Waals surface area contributed by atoms with Crippen molar-refractivity contribution in [2.45, 2.75) is 0 Å². The SMILES string of the molecule is O=C(Nn1ncnn1)c1ccccc1O. The molecule has 0 unspecified atom stereocenters. The summed E-state index contributed by atoms with van der Waals surface area (Å²) in [4.78, 5) is 12.4. The number of amides is 1. The molecule has 1 aromatic heterocycles. The van der Waals surface area contributed by atoms with Gasteiger partial charge in [-0.05, 0) is 17.3 Å². The maximum Gasteiger partial charge on any atom is 0.276 e. The number of carbonyl (C=O) groups excluding carboxylic acids is 1. The monoisotopic (exact) mass is 205 g/mol. The van der Waals surface area contributed by atoms with Crippen LogP contribution in [-0.4, -0.2) is 31.3 Å². The van der Waals surface area contributed by atoms with Crippen LogP contribution in [0.5, 0.6) is 5.75 Å². The van der Waals surface area contributed by atoms with Gasteiger partial charge in [0.15, 0.2) is 6.33 Å². The molecule has 0 fully saturated rings. The third-order valence-corrected chi connectivity index (χ3v) is 1.70. The van der Waals surface area contributed by atoms with Gasteiger partial charge in [0.05, 0.1) is 5.56 Å². The number of benzene rings is 1. The van der Waals surface area contributed by atoms with E-state index in [1.54, 1.807) is 12.1 Å². The predicted molar refractivity (Wildman–Crippen MR) is 49.6 cm³/mol. The first-order valence-electron chi connectivity index (χ1n) is 4.10. The van der Waals surface area contributed by atoms with Crippen LogP contribution in [0.1, 0.15) is 10.4 Å². The number of carbonyl (C=O) groups is 1. The van der Waals surface area contributed by atoms with Crippen molar-refractivity contribution in [1.82, 2.24) is 20.3 Å². The van der Waals surface area contributed by atoms with Crippen LogP contribution < -0.4 is 5.43 Å². The molecular weight excluding hydrogens is 198 g/mol. The second kappa shape index (κ2) is 3.74. The first-order valence-corrected chi connectivity index (χ1v) is 4.10. The minimum Gasteiger partial charge on any atom is -0.507 e. The zero-order valence-corrected chi connectivity index (χ0v) is 7.53. The second-order valence-corrected chi connectivity index (χ2v) is 2.68. The van der Waals surface area contributed by atoms with Gasteiger partial charge in [-0.25, -0.2) is 5.43 Å². The van der Waals surface area contributed by atoms with Gasteiger partial charge in [0.1, 0.15) is 5.75 Å². The molecule has 7 nitrogen and oxygen atoms in total. The van der Waals surface area contributed by atoms with E-state index in [0.717, 1.165) is 4.91 Å². The number of phenolic OH excluding ortho intramolecular Hbond substituents is 1. The Balaban J connectivity index is 2.19. The van der Waals surface area contributed by atoms with Gasteiger partial charge in [0.25, 0.3) is 5.91 Å². The Hall–Kier alpha value is -2.44. The van der Waals surface area contributed by atoms with Crippen molar-refractivity contribution < 1.29 is 9.90 Å². The second-order valence-electron chi connectivity index (χ2n) is 2.68. The number of phenols is 1. The molecule has 0 atom stereocenters. The number of tetrazole rings is 1. The number of aromatic nitrogens is 4. The van der Waals surface area contributed by atoms with E-state index in [1.807, 2.05) is 0 Å². The number of aromatic hydroxyl groups is 1. The highest BCUT2D eigenvalue weighted by molar-refractivity contribution is 6.01. The first kappa shape index (κ1) is 9.13. The van der Waals surface area contributed by atoms with E-state index >= 15 is 0 Å². The molecule has 2 aromatic rings. The highest BCUT2D eigenvalue weighted by Gasteiger charge is 2.10. The van der Waals surface area contributed by atoms with E-state index in [1.165, 1.54) is 18.5 Å². The Kier molecular flexibility index (Phi) is 2.28. The standard InChI is InChI=1S/C8H7N5O2/c14-7-4-2-1-3-6(7)8(15)11-13-10-5-9-12-13/h1-5,14H,(H,11,15). The van der Waals surface area contributed by atoms with Crippen LogP contribution in [-0.2, 0) is 0 Å². The van der Waals surface area contributed by atoms with Crippen LogP contribution in [0.4, 0.5) is 0 Å². The molecule has 2 N–H and O–H groups in total. The summed E-state index contributed by atoms with van der Waals surface area (Å²) in [6.45, 7) is 0. The molecule has 0 spiro atoms. The van der Waals surface area contributed by atoms with Crippen molar-refractivity contribution in [1.29, 1.82) is 0 Å². The molecule has 15 heavy (non-hydrogen) atoms. The minimum absolute atomic E-state index is 0.102. The number of rotatable bonds is 2. The molecule has 76 valence electrons. The van der Waals surface area contributed by atoms with Crippen molar-refractivity contribution >= 4 is 5.91 Å². The van der Waals surface area contributed by atoms with Crippen molar-refractivity contribution in [2.75, 3.05) is 5.43 Å². The molecular formula is C8H7N5O2. The van der Waals surface area contributed by atoms with Gasteiger partial charge in [-0.1, -0.05) is 17.0 Å². The van der Waals surface area contributed by atoms with Crippen molar-refractivity contribution in [3.05, 3.63) is 36.2 Å².